The van der Waals surface area contributed by atoms with Crippen molar-refractivity contribution in [2.24, 2.45) is 0 Å². The molecule has 3 heterocycles. The van der Waals surface area contributed by atoms with Gasteiger partial charge in [0.2, 0.25) is 0 Å². The number of thioether (sulfide) groups is 1. The predicted molar refractivity (Wildman–Crippen MR) is 109 cm³/mol. The van der Waals surface area contributed by atoms with Crippen molar-refractivity contribution in [3.63, 3.8) is 0 Å². The molecule has 0 amide bonds. The van der Waals surface area contributed by atoms with E-state index in [2.05, 4.69) is 15.6 Å². The largest absolute Gasteiger partial charge is 0.345 e. The summed E-state index contributed by atoms with van der Waals surface area (Å²) in [6.07, 6.45) is 6.33. The highest BCUT2D eigenvalue weighted by atomic mass is 32.2. The maximum Gasteiger partial charge on any atom is 0.282 e. The molecule has 1 aliphatic carbocycles. The highest BCUT2D eigenvalue weighted by molar-refractivity contribution is 7.98. The number of rotatable bonds is 2. The molecule has 0 atom stereocenters. The number of hydrogen-bond acceptors (Lipinski definition) is 6. The van der Waals surface area contributed by atoms with Gasteiger partial charge in [-0.25, -0.2) is 4.98 Å². The lowest BCUT2D eigenvalue weighted by Gasteiger charge is -2.30. The van der Waals surface area contributed by atoms with Crippen LogP contribution >= 0.6 is 35.3 Å². The van der Waals surface area contributed by atoms with Crippen molar-refractivity contribution in [1.29, 1.82) is 0 Å². The average Bonchev–Trinajstić information content (AvgIpc) is 3.03. The molecule has 2 aromatic heterocycles. The Labute approximate surface area is 160 Å². The Morgan fingerprint density at radius 1 is 1.32 bits per heavy atom. The molecule has 25 heavy (non-hydrogen) atoms. The summed E-state index contributed by atoms with van der Waals surface area (Å²) in [6, 6.07) is 0. The number of nitrogens with one attached hydrogen (secondary N) is 2. The average molecular weight is 396 g/mol. The van der Waals surface area contributed by atoms with Gasteiger partial charge in [0.15, 0.2) is 10.3 Å². The molecule has 4 rings (SSSR count). The monoisotopic (exact) mass is 395 g/mol. The Kier molecular flexibility index (Phi) is 4.99. The van der Waals surface area contributed by atoms with E-state index in [0.29, 0.717) is 10.3 Å². The summed E-state index contributed by atoms with van der Waals surface area (Å²) in [5.41, 5.74) is 4.33. The molecule has 1 saturated heterocycles. The van der Waals surface area contributed by atoms with Crippen LogP contribution in [0.1, 0.15) is 23.3 Å². The summed E-state index contributed by atoms with van der Waals surface area (Å²) in [6.45, 7) is 3.50. The molecule has 1 aliphatic heterocycles. The molecule has 0 saturated carbocycles. The third-order valence-electron chi connectivity index (χ3n) is 4.75. The van der Waals surface area contributed by atoms with E-state index in [0.717, 1.165) is 55.7 Å². The number of aromatic nitrogens is 2. The number of hydrogen-bond donors (Lipinski definition) is 2. The first-order valence-corrected chi connectivity index (χ1v) is 11.0. The Hall–Kier alpha value is -1.16. The summed E-state index contributed by atoms with van der Waals surface area (Å²) < 4.78 is 1.54. The second kappa shape index (κ2) is 7.22. The predicted octanol–water partition coefficient (Wildman–Crippen LogP) is 1.79. The summed E-state index contributed by atoms with van der Waals surface area (Å²) in [5.74, 6) is 0. The minimum atomic E-state index is -0.0220. The second-order valence-corrected chi connectivity index (χ2v) is 8.53. The van der Waals surface area contributed by atoms with E-state index in [1.54, 1.807) is 16.0 Å². The van der Waals surface area contributed by atoms with Crippen LogP contribution in [0.25, 0.3) is 10.2 Å². The zero-order chi connectivity index (χ0) is 17.4. The fraction of sp³-hybridized carbons (Fsp3) is 0.562. The zero-order valence-electron chi connectivity index (χ0n) is 14.1. The van der Waals surface area contributed by atoms with Gasteiger partial charge in [0.1, 0.15) is 4.83 Å². The summed E-state index contributed by atoms with van der Waals surface area (Å²) in [5, 5.41) is 5.34. The van der Waals surface area contributed by atoms with Gasteiger partial charge in [-0.2, -0.15) is 4.68 Å². The first-order valence-electron chi connectivity index (χ1n) is 8.57. The van der Waals surface area contributed by atoms with Gasteiger partial charge >= 0.3 is 0 Å². The van der Waals surface area contributed by atoms with Gasteiger partial charge in [-0.05, 0) is 49.7 Å². The lowest BCUT2D eigenvalue weighted by molar-refractivity contribution is 0.359. The first kappa shape index (κ1) is 17.3. The van der Waals surface area contributed by atoms with E-state index in [1.165, 1.54) is 28.6 Å². The first-order chi connectivity index (χ1) is 12.2. The molecule has 1 fully saturated rings. The van der Waals surface area contributed by atoms with Crippen molar-refractivity contribution in [2.45, 2.75) is 30.8 Å². The van der Waals surface area contributed by atoms with Crippen molar-refractivity contribution in [1.82, 2.24) is 19.9 Å². The molecule has 0 unspecified atom stereocenters. The van der Waals surface area contributed by atoms with Crippen molar-refractivity contribution in [3.05, 3.63) is 20.8 Å². The quantitative estimate of drug-likeness (QED) is 0.457. The van der Waals surface area contributed by atoms with Crippen LogP contribution in [0, 0.1) is 0 Å². The number of fused-ring (bicyclic) bond motifs is 3. The molecule has 0 radical (unpaired) electrons. The van der Waals surface area contributed by atoms with Crippen LogP contribution in [0.15, 0.2) is 9.95 Å². The zero-order valence-corrected chi connectivity index (χ0v) is 16.6. The number of nitrogens with zero attached hydrogens (tertiary/aromatic N) is 3. The van der Waals surface area contributed by atoms with Crippen LogP contribution in [-0.2, 0) is 12.8 Å². The Balaban J connectivity index is 1.75. The Morgan fingerprint density at radius 2 is 2.08 bits per heavy atom. The molecule has 0 spiro atoms. The van der Waals surface area contributed by atoms with Crippen LogP contribution in [0.5, 0.6) is 0 Å². The van der Waals surface area contributed by atoms with Gasteiger partial charge in [-0.3, -0.25) is 10.2 Å². The van der Waals surface area contributed by atoms with Crippen molar-refractivity contribution in [2.75, 3.05) is 37.9 Å². The Morgan fingerprint density at radius 3 is 2.84 bits per heavy atom. The van der Waals surface area contributed by atoms with Crippen LogP contribution in [-0.4, -0.2) is 52.1 Å². The maximum atomic E-state index is 13.2. The van der Waals surface area contributed by atoms with Crippen LogP contribution < -0.4 is 16.3 Å². The van der Waals surface area contributed by atoms with E-state index in [1.807, 2.05) is 6.26 Å². The molecule has 134 valence electrons. The highest BCUT2D eigenvalue weighted by Crippen LogP contribution is 2.34. The molecule has 0 aromatic carbocycles. The lowest BCUT2D eigenvalue weighted by Crippen LogP contribution is -2.50. The van der Waals surface area contributed by atoms with Gasteiger partial charge in [0.05, 0.1) is 5.39 Å². The van der Waals surface area contributed by atoms with Crippen molar-refractivity contribution < 1.29 is 0 Å². The number of aryl methyl sites for hydroxylation is 2. The van der Waals surface area contributed by atoms with E-state index in [4.69, 9.17) is 17.2 Å². The summed E-state index contributed by atoms with van der Waals surface area (Å²) >= 11 is 8.69. The van der Waals surface area contributed by atoms with E-state index in [9.17, 15) is 4.79 Å². The number of thiocarbonyl (C=S) groups is 1. The van der Waals surface area contributed by atoms with Crippen LogP contribution in [0.2, 0.25) is 0 Å². The summed E-state index contributed by atoms with van der Waals surface area (Å²) in [4.78, 5) is 22.3. The van der Waals surface area contributed by atoms with Crippen molar-refractivity contribution >= 4 is 50.6 Å². The van der Waals surface area contributed by atoms with Gasteiger partial charge in [0, 0.05) is 31.1 Å². The summed E-state index contributed by atoms with van der Waals surface area (Å²) in [7, 11) is 0. The highest BCUT2D eigenvalue weighted by Gasteiger charge is 2.23. The molecule has 2 aliphatic rings. The second-order valence-electron chi connectivity index (χ2n) is 6.28. The number of thiophene rings is 1. The smallest absolute Gasteiger partial charge is 0.282 e. The fourth-order valence-corrected chi connectivity index (χ4v) is 5.53. The molecular formula is C16H21N5OS3. The minimum Gasteiger partial charge on any atom is -0.345 e. The van der Waals surface area contributed by atoms with Gasteiger partial charge in [-0.15, -0.1) is 11.3 Å². The lowest BCUT2D eigenvalue weighted by atomic mass is 9.97. The van der Waals surface area contributed by atoms with Crippen LogP contribution in [0.3, 0.4) is 0 Å². The Bertz CT molecular complexity index is 869. The fourth-order valence-electron chi connectivity index (χ4n) is 3.46. The van der Waals surface area contributed by atoms with Crippen LogP contribution in [0.4, 0.5) is 0 Å². The molecule has 6 nitrogen and oxygen atoms in total. The molecule has 0 bridgehead atoms. The normalized spacial score (nSPS) is 17.6. The van der Waals surface area contributed by atoms with Gasteiger partial charge in [0.25, 0.3) is 5.56 Å². The van der Waals surface area contributed by atoms with Gasteiger partial charge in [-0.1, -0.05) is 11.8 Å². The van der Waals surface area contributed by atoms with Gasteiger partial charge < -0.3 is 10.2 Å². The molecule has 9 heteroatoms. The molecule has 2 N–H and O–H groups in total. The maximum absolute atomic E-state index is 13.2. The van der Waals surface area contributed by atoms with E-state index < -0.39 is 0 Å². The minimum absolute atomic E-state index is 0.0220. The third-order valence-corrected chi connectivity index (χ3v) is 6.93. The topological polar surface area (TPSA) is 62.2 Å². The SMILES string of the molecule is CSc1nc2sc3c(c2c(=O)n1NC(=S)N1CCNCC1)CCCC3. The standard InChI is InChI=1S/C16H21N5OS3/c1-24-16-18-13-12(10-4-2-3-5-11(10)25-13)14(22)21(16)19-15(23)20-8-6-17-7-9-20/h17H,2-9H2,1H3,(H,19,23). The number of piperazine rings is 1. The van der Waals surface area contributed by atoms with E-state index >= 15 is 0 Å². The third kappa shape index (κ3) is 3.18. The van der Waals surface area contributed by atoms with Crippen molar-refractivity contribution in [3.8, 4) is 0 Å². The molecule has 2 aromatic rings. The van der Waals surface area contributed by atoms with E-state index in [-0.39, 0.29) is 5.56 Å². The molecular weight excluding hydrogens is 374 g/mol.